The highest BCUT2D eigenvalue weighted by molar-refractivity contribution is 4.76. The summed E-state index contributed by atoms with van der Waals surface area (Å²) in [5, 5.41) is 9.29. The van der Waals surface area contributed by atoms with Gasteiger partial charge in [-0.2, -0.15) is 0 Å². The van der Waals surface area contributed by atoms with Gasteiger partial charge >= 0.3 is 0 Å². The van der Waals surface area contributed by atoms with Crippen LogP contribution in [0.1, 0.15) is 39.5 Å². The molecule has 1 saturated carbocycles. The van der Waals surface area contributed by atoms with Crippen LogP contribution in [0.5, 0.6) is 0 Å². The quantitative estimate of drug-likeness (QED) is 0.616. The molecule has 0 amide bonds. The van der Waals surface area contributed by atoms with Crippen LogP contribution >= 0.6 is 0 Å². The Kier molecular flexibility index (Phi) is 1.80. The molecule has 1 fully saturated rings. The van der Waals surface area contributed by atoms with E-state index in [0.717, 1.165) is 12.3 Å². The van der Waals surface area contributed by atoms with Crippen LogP contribution < -0.4 is 0 Å². The predicted molar refractivity (Wildman–Crippen MR) is 38.3 cm³/mol. The molecular weight excluding hydrogens is 112 g/mol. The molecule has 0 saturated heterocycles. The van der Waals surface area contributed by atoms with E-state index in [1.807, 2.05) is 13.8 Å². The van der Waals surface area contributed by atoms with E-state index >= 15 is 0 Å². The van der Waals surface area contributed by atoms with Gasteiger partial charge in [-0.1, -0.05) is 12.8 Å². The minimum Gasteiger partial charge on any atom is -0.390 e. The van der Waals surface area contributed by atoms with Gasteiger partial charge < -0.3 is 5.11 Å². The molecule has 1 heteroatoms. The van der Waals surface area contributed by atoms with E-state index in [9.17, 15) is 5.11 Å². The van der Waals surface area contributed by atoms with Crippen molar-refractivity contribution in [2.75, 3.05) is 0 Å². The first-order valence-electron chi connectivity index (χ1n) is 3.80. The van der Waals surface area contributed by atoms with E-state index in [1.54, 1.807) is 0 Å². The maximum Gasteiger partial charge on any atom is 0.0591 e. The van der Waals surface area contributed by atoms with Gasteiger partial charge in [0.2, 0.25) is 0 Å². The normalized spacial score (nSPS) is 20.3. The fourth-order valence-corrected chi connectivity index (χ4v) is 0.964. The lowest BCUT2D eigenvalue weighted by atomic mass is 10.0. The monoisotopic (exact) mass is 128 g/mol. The van der Waals surface area contributed by atoms with Crippen LogP contribution in [-0.4, -0.2) is 10.7 Å². The Hall–Kier alpha value is -0.0400. The molecule has 54 valence electrons. The van der Waals surface area contributed by atoms with Gasteiger partial charge in [0.15, 0.2) is 0 Å². The minimum atomic E-state index is -0.428. The SMILES string of the molecule is CC(C)(O)CCC1CC1. The third-order valence-electron chi connectivity index (χ3n) is 1.86. The molecule has 0 radical (unpaired) electrons. The maximum atomic E-state index is 9.29. The Morgan fingerprint density at radius 1 is 1.44 bits per heavy atom. The van der Waals surface area contributed by atoms with Crippen LogP contribution in [0.3, 0.4) is 0 Å². The number of hydrogen-bond acceptors (Lipinski definition) is 1. The maximum absolute atomic E-state index is 9.29. The Morgan fingerprint density at radius 2 is 2.00 bits per heavy atom. The van der Waals surface area contributed by atoms with E-state index in [4.69, 9.17) is 0 Å². The van der Waals surface area contributed by atoms with Crippen molar-refractivity contribution in [2.24, 2.45) is 5.92 Å². The van der Waals surface area contributed by atoms with Crippen LogP contribution in [0.15, 0.2) is 0 Å². The van der Waals surface area contributed by atoms with Crippen molar-refractivity contribution in [1.29, 1.82) is 0 Å². The molecule has 0 aromatic heterocycles. The lowest BCUT2D eigenvalue weighted by Crippen LogP contribution is -2.17. The minimum absolute atomic E-state index is 0.428. The summed E-state index contributed by atoms with van der Waals surface area (Å²) in [5.74, 6) is 0.955. The third-order valence-corrected chi connectivity index (χ3v) is 1.86. The van der Waals surface area contributed by atoms with Crippen LogP contribution in [-0.2, 0) is 0 Å². The van der Waals surface area contributed by atoms with E-state index < -0.39 is 5.60 Å². The zero-order valence-electron chi connectivity index (χ0n) is 6.35. The van der Waals surface area contributed by atoms with Gasteiger partial charge in [-0.3, -0.25) is 0 Å². The van der Waals surface area contributed by atoms with Crippen molar-refractivity contribution in [1.82, 2.24) is 0 Å². The highest BCUT2D eigenvalue weighted by Crippen LogP contribution is 2.35. The Morgan fingerprint density at radius 3 is 2.33 bits per heavy atom. The van der Waals surface area contributed by atoms with Crippen LogP contribution in [0.4, 0.5) is 0 Å². The van der Waals surface area contributed by atoms with Gasteiger partial charge in [0.1, 0.15) is 0 Å². The van der Waals surface area contributed by atoms with Gasteiger partial charge in [-0.25, -0.2) is 0 Å². The Balaban J connectivity index is 2.03. The average molecular weight is 128 g/mol. The lowest BCUT2D eigenvalue weighted by Gasteiger charge is -2.15. The van der Waals surface area contributed by atoms with E-state index in [2.05, 4.69) is 0 Å². The zero-order chi connectivity index (χ0) is 6.91. The highest BCUT2D eigenvalue weighted by Gasteiger charge is 2.23. The standard InChI is InChI=1S/C8H16O/c1-8(2,9)6-5-7-3-4-7/h7,9H,3-6H2,1-2H3. The fraction of sp³-hybridized carbons (Fsp3) is 1.00. The van der Waals surface area contributed by atoms with Crippen LogP contribution in [0, 0.1) is 5.92 Å². The molecule has 0 atom stereocenters. The second kappa shape index (κ2) is 2.30. The number of aliphatic hydroxyl groups is 1. The van der Waals surface area contributed by atoms with Gasteiger partial charge in [-0.15, -0.1) is 0 Å². The number of rotatable bonds is 3. The first-order valence-corrected chi connectivity index (χ1v) is 3.80. The molecule has 1 N–H and O–H groups in total. The molecule has 0 spiro atoms. The van der Waals surface area contributed by atoms with Gasteiger partial charge in [0, 0.05) is 0 Å². The first-order chi connectivity index (χ1) is 4.08. The smallest absolute Gasteiger partial charge is 0.0591 e. The van der Waals surface area contributed by atoms with Crippen molar-refractivity contribution >= 4 is 0 Å². The molecule has 0 aromatic carbocycles. The average Bonchev–Trinajstić information content (AvgIpc) is 2.38. The predicted octanol–water partition coefficient (Wildman–Crippen LogP) is 1.95. The Labute approximate surface area is 57.1 Å². The molecule has 0 aliphatic heterocycles. The molecule has 0 bridgehead atoms. The molecule has 1 rings (SSSR count). The third kappa shape index (κ3) is 3.52. The summed E-state index contributed by atoms with van der Waals surface area (Å²) in [6, 6.07) is 0. The van der Waals surface area contributed by atoms with Gasteiger partial charge in [0.25, 0.3) is 0 Å². The molecule has 0 unspecified atom stereocenters. The molecular formula is C8H16O. The van der Waals surface area contributed by atoms with E-state index in [0.29, 0.717) is 0 Å². The molecule has 1 nitrogen and oxygen atoms in total. The summed E-state index contributed by atoms with van der Waals surface area (Å²) in [7, 11) is 0. The topological polar surface area (TPSA) is 20.2 Å². The molecule has 9 heavy (non-hydrogen) atoms. The fourth-order valence-electron chi connectivity index (χ4n) is 0.964. The lowest BCUT2D eigenvalue weighted by molar-refractivity contribution is 0.0671. The highest BCUT2D eigenvalue weighted by atomic mass is 16.3. The summed E-state index contributed by atoms with van der Waals surface area (Å²) in [6.45, 7) is 3.77. The first kappa shape index (κ1) is 7.07. The summed E-state index contributed by atoms with van der Waals surface area (Å²) >= 11 is 0. The van der Waals surface area contributed by atoms with Gasteiger partial charge in [0.05, 0.1) is 5.60 Å². The summed E-state index contributed by atoms with van der Waals surface area (Å²) in [5.41, 5.74) is -0.428. The second-order valence-electron chi connectivity index (χ2n) is 3.79. The molecule has 1 aliphatic carbocycles. The van der Waals surface area contributed by atoms with E-state index in [-0.39, 0.29) is 0 Å². The summed E-state index contributed by atoms with van der Waals surface area (Å²) in [6.07, 6.45) is 4.99. The van der Waals surface area contributed by atoms with Crippen molar-refractivity contribution in [3.63, 3.8) is 0 Å². The largest absolute Gasteiger partial charge is 0.390 e. The molecule has 1 aliphatic rings. The van der Waals surface area contributed by atoms with Crippen molar-refractivity contribution in [2.45, 2.75) is 45.1 Å². The van der Waals surface area contributed by atoms with Crippen molar-refractivity contribution in [3.8, 4) is 0 Å². The number of hydrogen-bond donors (Lipinski definition) is 1. The van der Waals surface area contributed by atoms with Crippen LogP contribution in [0.2, 0.25) is 0 Å². The van der Waals surface area contributed by atoms with Crippen molar-refractivity contribution < 1.29 is 5.11 Å². The van der Waals surface area contributed by atoms with Crippen LogP contribution in [0.25, 0.3) is 0 Å². The molecule has 0 aromatic rings. The Bertz CT molecular complexity index is 87.2. The summed E-state index contributed by atoms with van der Waals surface area (Å²) in [4.78, 5) is 0. The van der Waals surface area contributed by atoms with E-state index in [1.165, 1.54) is 19.3 Å². The molecule has 0 heterocycles. The van der Waals surface area contributed by atoms with Gasteiger partial charge in [-0.05, 0) is 32.6 Å². The zero-order valence-corrected chi connectivity index (χ0v) is 6.35. The summed E-state index contributed by atoms with van der Waals surface area (Å²) < 4.78 is 0. The second-order valence-corrected chi connectivity index (χ2v) is 3.79. The van der Waals surface area contributed by atoms with Crippen molar-refractivity contribution in [3.05, 3.63) is 0 Å².